The fourth-order valence-electron chi connectivity index (χ4n) is 1.86. The van der Waals surface area contributed by atoms with Crippen molar-refractivity contribution in [2.24, 2.45) is 0 Å². The summed E-state index contributed by atoms with van der Waals surface area (Å²) in [5.41, 5.74) is 5.94. The van der Waals surface area contributed by atoms with Crippen molar-refractivity contribution in [2.45, 2.75) is 14.8 Å². The third kappa shape index (κ3) is 6.02. The summed E-state index contributed by atoms with van der Waals surface area (Å²) in [5, 5.41) is 29.6. The third-order valence-electron chi connectivity index (χ3n) is 3.01. The van der Waals surface area contributed by atoms with Gasteiger partial charge in [0.15, 0.2) is 14.8 Å². The number of nitrogens with zero attached hydrogens (tertiary/aromatic N) is 4. The van der Waals surface area contributed by atoms with E-state index >= 15 is 0 Å². The summed E-state index contributed by atoms with van der Waals surface area (Å²) in [6.45, 7) is 0. The normalized spacial score (nSPS) is 12.1. The van der Waals surface area contributed by atoms with Crippen LogP contribution in [0.15, 0.2) is 32.9 Å². The van der Waals surface area contributed by atoms with Gasteiger partial charge in [0.2, 0.25) is 10.3 Å². The molecule has 27 heavy (non-hydrogen) atoms. The Bertz CT molecular complexity index is 920. The molecule has 0 radical (unpaired) electrons. The van der Waals surface area contributed by atoms with E-state index in [0.717, 1.165) is 20.2 Å². The molecule has 0 fully saturated rings. The number of carbonyl (C=O) groups excluding carboxylic acids is 1. The lowest BCUT2D eigenvalue weighted by atomic mass is 10.1. The second kappa shape index (κ2) is 9.66. The Morgan fingerprint density at radius 3 is 2.56 bits per heavy atom. The monoisotopic (exact) mass is 460 g/mol. The molecule has 4 N–H and O–H groups in total. The first-order valence-electron chi connectivity index (χ1n) is 7.44. The van der Waals surface area contributed by atoms with Crippen molar-refractivity contribution in [1.82, 2.24) is 20.4 Å². The molecule has 1 aromatic carbocycles. The number of thioether (sulfide) groups is 2. The Morgan fingerprint density at radius 2 is 1.89 bits per heavy atom. The Kier molecular flexibility index (Phi) is 7.26. The summed E-state index contributed by atoms with van der Waals surface area (Å²) in [5.74, 6) is 1.01. The molecular weight excluding hydrogens is 448 g/mol. The smallest absolute Gasteiger partial charge is 0.259 e. The Hall–Kier alpha value is -1.44. The number of aliphatic hydroxyl groups excluding tert-OH is 1. The highest BCUT2D eigenvalue weighted by Gasteiger charge is 2.19. The Labute approximate surface area is 175 Å². The predicted octanol–water partition coefficient (Wildman–Crippen LogP) is 3.18. The van der Waals surface area contributed by atoms with E-state index in [1.807, 2.05) is 0 Å². The first-order valence-corrected chi connectivity index (χ1v) is 11.4. The lowest BCUT2D eigenvalue weighted by Gasteiger charge is -2.09. The molecule has 0 aliphatic carbocycles. The van der Waals surface area contributed by atoms with E-state index in [-0.39, 0.29) is 0 Å². The fourth-order valence-corrected chi connectivity index (χ4v) is 5.56. The number of benzene rings is 1. The van der Waals surface area contributed by atoms with Gasteiger partial charge in [-0.15, -0.1) is 20.4 Å². The van der Waals surface area contributed by atoms with Gasteiger partial charge in [0.25, 0.3) is 5.91 Å². The number of hydrogen-bond donors (Lipinski definition) is 3. The van der Waals surface area contributed by atoms with Crippen molar-refractivity contribution in [3.63, 3.8) is 0 Å². The van der Waals surface area contributed by atoms with Crippen molar-refractivity contribution in [1.29, 1.82) is 0 Å². The summed E-state index contributed by atoms with van der Waals surface area (Å²) < 4.78 is 1.55. The summed E-state index contributed by atoms with van der Waals surface area (Å²) in [7, 11) is 0. The third-order valence-corrected chi connectivity index (χ3v) is 7.36. The highest BCUT2D eigenvalue weighted by Crippen LogP contribution is 2.29. The number of hydrogen-bond acceptors (Lipinski definition) is 11. The highest BCUT2D eigenvalue weighted by molar-refractivity contribution is 8.04. The standard InChI is InChI=1S/C14H13ClN6O2S4/c15-8-3-1-2-7(6-8)9(22)10(23)17-12-19-21-14(27-12)25-5-4-24-13-20-18-11(16)26-13/h1-3,6,9,22H,4-5H2,(H2,16,18)(H,17,19,23). The van der Waals surface area contributed by atoms with E-state index in [1.54, 1.807) is 30.0 Å². The van der Waals surface area contributed by atoms with Crippen LogP contribution in [0, 0.1) is 0 Å². The molecule has 3 rings (SSSR count). The molecule has 2 aromatic heterocycles. The van der Waals surface area contributed by atoms with E-state index in [1.165, 1.54) is 40.5 Å². The highest BCUT2D eigenvalue weighted by atomic mass is 35.5. The zero-order valence-electron chi connectivity index (χ0n) is 13.5. The van der Waals surface area contributed by atoms with E-state index in [2.05, 4.69) is 25.7 Å². The number of halogens is 1. The molecule has 0 saturated carbocycles. The SMILES string of the molecule is Nc1nnc(SCCSc2nnc(NC(=O)C(O)c3cccc(Cl)c3)s2)s1. The maximum atomic E-state index is 12.2. The van der Waals surface area contributed by atoms with Crippen LogP contribution in [0.1, 0.15) is 11.7 Å². The molecular formula is C14H13ClN6O2S4. The molecule has 0 bridgehead atoms. The quantitative estimate of drug-likeness (QED) is 0.264. The molecule has 8 nitrogen and oxygen atoms in total. The number of anilines is 2. The topological polar surface area (TPSA) is 127 Å². The van der Waals surface area contributed by atoms with Gasteiger partial charge in [-0.05, 0) is 17.7 Å². The molecule has 1 atom stereocenters. The zero-order valence-corrected chi connectivity index (χ0v) is 17.6. The van der Waals surface area contributed by atoms with Gasteiger partial charge in [-0.3, -0.25) is 10.1 Å². The number of nitrogen functional groups attached to an aromatic ring is 1. The number of aromatic nitrogens is 4. The number of rotatable bonds is 8. The molecule has 0 aliphatic rings. The predicted molar refractivity (Wildman–Crippen MR) is 111 cm³/mol. The lowest BCUT2D eigenvalue weighted by molar-refractivity contribution is -0.124. The average molecular weight is 461 g/mol. The van der Waals surface area contributed by atoms with E-state index in [4.69, 9.17) is 17.3 Å². The van der Waals surface area contributed by atoms with Crippen LogP contribution < -0.4 is 11.1 Å². The van der Waals surface area contributed by atoms with Crippen LogP contribution in [0.3, 0.4) is 0 Å². The van der Waals surface area contributed by atoms with Gasteiger partial charge in [-0.25, -0.2) is 0 Å². The number of nitrogens with one attached hydrogen (secondary N) is 1. The van der Waals surface area contributed by atoms with Crippen LogP contribution in [0.5, 0.6) is 0 Å². The van der Waals surface area contributed by atoms with Crippen molar-refractivity contribution >= 4 is 74.0 Å². The number of nitrogens with two attached hydrogens (primary N) is 1. The van der Waals surface area contributed by atoms with Crippen molar-refractivity contribution in [2.75, 3.05) is 22.6 Å². The summed E-state index contributed by atoms with van der Waals surface area (Å²) >= 11 is 11.6. The minimum absolute atomic E-state index is 0.327. The van der Waals surface area contributed by atoms with Gasteiger partial charge in [0, 0.05) is 16.5 Å². The molecule has 1 amide bonds. The first kappa shape index (κ1) is 20.3. The van der Waals surface area contributed by atoms with E-state index in [9.17, 15) is 9.90 Å². The zero-order chi connectivity index (χ0) is 19.2. The van der Waals surface area contributed by atoms with Gasteiger partial charge < -0.3 is 10.8 Å². The van der Waals surface area contributed by atoms with Gasteiger partial charge >= 0.3 is 0 Å². The van der Waals surface area contributed by atoms with Crippen LogP contribution in [-0.4, -0.2) is 42.9 Å². The largest absolute Gasteiger partial charge is 0.378 e. The molecule has 0 saturated heterocycles. The number of aliphatic hydroxyl groups is 1. The lowest BCUT2D eigenvalue weighted by Crippen LogP contribution is -2.20. The van der Waals surface area contributed by atoms with Crippen LogP contribution in [0.25, 0.3) is 0 Å². The molecule has 3 aromatic rings. The van der Waals surface area contributed by atoms with Crippen molar-refractivity contribution < 1.29 is 9.90 Å². The maximum absolute atomic E-state index is 12.2. The first-order chi connectivity index (χ1) is 13.0. The number of amides is 1. The van der Waals surface area contributed by atoms with Crippen LogP contribution in [0.4, 0.5) is 10.3 Å². The molecule has 2 heterocycles. The van der Waals surface area contributed by atoms with Crippen LogP contribution >= 0.6 is 57.8 Å². The van der Waals surface area contributed by atoms with Gasteiger partial charge in [0.1, 0.15) is 0 Å². The second-order valence-electron chi connectivity index (χ2n) is 4.92. The minimum Gasteiger partial charge on any atom is -0.378 e. The van der Waals surface area contributed by atoms with Gasteiger partial charge in [-0.2, -0.15) is 0 Å². The molecule has 0 aliphatic heterocycles. The maximum Gasteiger partial charge on any atom is 0.259 e. The minimum atomic E-state index is -1.33. The molecule has 0 spiro atoms. The van der Waals surface area contributed by atoms with Crippen molar-refractivity contribution in [3.05, 3.63) is 34.9 Å². The summed E-state index contributed by atoms with van der Waals surface area (Å²) in [6.07, 6.45) is -1.33. The number of carbonyl (C=O) groups is 1. The Balaban J connectivity index is 1.46. The van der Waals surface area contributed by atoms with Gasteiger partial charge in [-0.1, -0.05) is 69.9 Å². The molecule has 1 unspecified atom stereocenters. The summed E-state index contributed by atoms with van der Waals surface area (Å²) in [6, 6.07) is 6.50. The van der Waals surface area contributed by atoms with Gasteiger partial charge in [0.05, 0.1) is 0 Å². The molecule has 13 heteroatoms. The van der Waals surface area contributed by atoms with Crippen molar-refractivity contribution in [3.8, 4) is 0 Å². The summed E-state index contributed by atoms with van der Waals surface area (Å²) in [4.78, 5) is 12.2. The van der Waals surface area contributed by atoms with Crippen LogP contribution in [-0.2, 0) is 4.79 Å². The fraction of sp³-hybridized carbons (Fsp3) is 0.214. The Morgan fingerprint density at radius 1 is 1.19 bits per heavy atom. The molecule has 142 valence electrons. The second-order valence-corrected chi connectivity index (χ2v) is 10.0. The van der Waals surface area contributed by atoms with E-state index < -0.39 is 12.0 Å². The average Bonchev–Trinajstić information content (AvgIpc) is 3.27. The van der Waals surface area contributed by atoms with E-state index in [0.29, 0.717) is 20.8 Å². The van der Waals surface area contributed by atoms with Crippen LogP contribution in [0.2, 0.25) is 5.02 Å².